The van der Waals surface area contributed by atoms with Crippen LogP contribution in [-0.2, 0) is 4.79 Å². The minimum absolute atomic E-state index is 0.0428. The third-order valence-corrected chi connectivity index (χ3v) is 4.83. The summed E-state index contributed by atoms with van der Waals surface area (Å²) in [6, 6.07) is 9.46. The Morgan fingerprint density at radius 1 is 1.22 bits per heavy atom. The number of allylic oxidation sites excluding steroid dienone is 1. The minimum atomic E-state index is -2.52. The second-order valence-electron chi connectivity index (χ2n) is 5.03. The number of ketones is 1. The number of benzene rings is 1. The summed E-state index contributed by atoms with van der Waals surface area (Å²) >= 11 is 6.43. The zero-order valence-corrected chi connectivity index (χ0v) is 13.6. The lowest BCUT2D eigenvalue weighted by Crippen LogP contribution is -2.09. The summed E-state index contributed by atoms with van der Waals surface area (Å²) in [6.07, 6.45) is 0.171. The van der Waals surface area contributed by atoms with Crippen LogP contribution in [0, 0.1) is 0 Å². The maximum absolute atomic E-state index is 12.8. The molecule has 1 saturated heterocycles. The van der Waals surface area contributed by atoms with Crippen molar-refractivity contribution in [2.75, 3.05) is 0 Å². The molecule has 2 heterocycles. The predicted octanol–water partition coefficient (Wildman–Crippen LogP) is 5.65. The van der Waals surface area contributed by atoms with Gasteiger partial charge in [0.05, 0.1) is 9.10 Å². The van der Waals surface area contributed by atoms with E-state index >= 15 is 0 Å². The average molecular weight is 350 g/mol. The fraction of sp³-hybridized carbons (Fsp3) is 0.176. The number of Topliss-reactive ketones (excluding diaryl/α,β-unsaturated/α-hetero) is 1. The van der Waals surface area contributed by atoms with E-state index in [9.17, 15) is 13.6 Å². The molecule has 1 aliphatic rings. The third kappa shape index (κ3) is 3.76. The van der Waals surface area contributed by atoms with Crippen LogP contribution in [0.25, 0.3) is 17.4 Å². The van der Waals surface area contributed by atoms with Crippen molar-refractivity contribution in [3.63, 3.8) is 0 Å². The van der Waals surface area contributed by atoms with Crippen molar-refractivity contribution in [3.8, 4) is 11.3 Å². The van der Waals surface area contributed by atoms with Crippen molar-refractivity contribution in [3.05, 3.63) is 52.6 Å². The van der Waals surface area contributed by atoms with Gasteiger partial charge in [0.2, 0.25) is 0 Å². The first kappa shape index (κ1) is 16.1. The average Bonchev–Trinajstić information content (AvgIpc) is 3.00. The zero-order chi connectivity index (χ0) is 16.4. The van der Waals surface area contributed by atoms with Crippen LogP contribution in [0.5, 0.6) is 0 Å². The summed E-state index contributed by atoms with van der Waals surface area (Å²) in [6.45, 7) is 0. The van der Waals surface area contributed by atoms with Gasteiger partial charge in [-0.05, 0) is 30.7 Å². The first-order chi connectivity index (χ1) is 11.0. The molecule has 0 radical (unpaired) electrons. The number of rotatable bonds is 3. The van der Waals surface area contributed by atoms with Gasteiger partial charge in [-0.3, -0.25) is 4.79 Å². The fourth-order valence-corrected chi connectivity index (χ4v) is 3.43. The molecule has 1 aliphatic heterocycles. The Morgan fingerprint density at radius 2 is 2.04 bits per heavy atom. The topological polar surface area (TPSA) is 30.2 Å². The molecule has 0 spiro atoms. The molecule has 0 bridgehead atoms. The molecule has 1 aromatic carbocycles. The molecule has 0 amide bonds. The number of furan rings is 1. The van der Waals surface area contributed by atoms with Crippen LogP contribution < -0.4 is 0 Å². The Morgan fingerprint density at radius 3 is 2.83 bits per heavy atom. The quantitative estimate of drug-likeness (QED) is 0.529. The summed E-state index contributed by atoms with van der Waals surface area (Å²) in [5, 5.41) is 0. The van der Waals surface area contributed by atoms with Gasteiger partial charge in [0, 0.05) is 17.5 Å². The molecular formula is C17H12F2O2S2. The molecular weight excluding hydrogens is 338 g/mol. The number of carbonyl (C=O) groups is 1. The highest BCUT2D eigenvalue weighted by Crippen LogP contribution is 2.32. The van der Waals surface area contributed by atoms with Crippen molar-refractivity contribution in [2.45, 2.75) is 19.3 Å². The monoisotopic (exact) mass is 350 g/mol. The number of carbonyl (C=O) groups excluding carboxylic acids is 1. The van der Waals surface area contributed by atoms with E-state index in [1.165, 1.54) is 23.9 Å². The van der Waals surface area contributed by atoms with Gasteiger partial charge in [-0.2, -0.15) is 0 Å². The second kappa shape index (κ2) is 6.76. The fourth-order valence-electron chi connectivity index (χ4n) is 2.22. The lowest BCUT2D eigenvalue weighted by atomic mass is 10.1. The SMILES string of the molecule is O=C1CCC(=S)S/C1=C/c1ccc(-c2cccc(C(F)F)c2)o1. The molecule has 0 N–H and O–H groups in total. The first-order valence-corrected chi connectivity index (χ1v) is 8.19. The maximum atomic E-state index is 12.8. The Kier molecular flexibility index (Phi) is 4.73. The molecule has 0 atom stereocenters. The summed E-state index contributed by atoms with van der Waals surface area (Å²) in [5.74, 6) is 1.03. The third-order valence-electron chi connectivity index (χ3n) is 3.38. The van der Waals surface area contributed by atoms with E-state index < -0.39 is 6.43 Å². The molecule has 0 aliphatic carbocycles. The number of alkyl halides is 2. The van der Waals surface area contributed by atoms with E-state index in [-0.39, 0.29) is 11.3 Å². The molecule has 118 valence electrons. The van der Waals surface area contributed by atoms with E-state index in [0.29, 0.717) is 34.8 Å². The first-order valence-electron chi connectivity index (χ1n) is 6.97. The van der Waals surface area contributed by atoms with Crippen molar-refractivity contribution < 1.29 is 18.0 Å². The summed E-state index contributed by atoms with van der Waals surface area (Å²) in [4.78, 5) is 12.4. The van der Waals surface area contributed by atoms with Gasteiger partial charge < -0.3 is 4.42 Å². The number of thiocarbonyl (C=S) groups is 1. The highest BCUT2D eigenvalue weighted by molar-refractivity contribution is 8.26. The molecule has 23 heavy (non-hydrogen) atoms. The largest absolute Gasteiger partial charge is 0.457 e. The number of thioether (sulfide) groups is 1. The zero-order valence-electron chi connectivity index (χ0n) is 11.9. The summed E-state index contributed by atoms with van der Waals surface area (Å²) in [5.41, 5.74) is 0.521. The Balaban J connectivity index is 1.87. The Labute approximate surface area is 141 Å². The molecule has 0 saturated carbocycles. The van der Waals surface area contributed by atoms with Crippen molar-refractivity contribution >= 4 is 40.0 Å². The highest BCUT2D eigenvalue weighted by atomic mass is 32.2. The minimum Gasteiger partial charge on any atom is -0.457 e. The van der Waals surface area contributed by atoms with Gasteiger partial charge in [0.25, 0.3) is 6.43 Å². The van der Waals surface area contributed by atoms with Crippen LogP contribution in [0.4, 0.5) is 8.78 Å². The van der Waals surface area contributed by atoms with Gasteiger partial charge in [-0.15, -0.1) is 0 Å². The van der Waals surface area contributed by atoms with Crippen LogP contribution in [0.3, 0.4) is 0 Å². The van der Waals surface area contributed by atoms with Gasteiger partial charge in [0.15, 0.2) is 5.78 Å². The molecule has 0 unspecified atom stereocenters. The van der Waals surface area contributed by atoms with E-state index in [1.54, 1.807) is 30.3 Å². The number of hydrogen-bond acceptors (Lipinski definition) is 4. The van der Waals surface area contributed by atoms with E-state index in [4.69, 9.17) is 16.6 Å². The molecule has 1 fully saturated rings. The normalized spacial score (nSPS) is 17.3. The summed E-state index contributed by atoms with van der Waals surface area (Å²) < 4.78 is 32.0. The maximum Gasteiger partial charge on any atom is 0.263 e. The highest BCUT2D eigenvalue weighted by Gasteiger charge is 2.20. The van der Waals surface area contributed by atoms with Crippen LogP contribution in [-0.4, -0.2) is 9.98 Å². The molecule has 3 rings (SSSR count). The molecule has 6 heteroatoms. The lowest BCUT2D eigenvalue weighted by Gasteiger charge is -2.12. The van der Waals surface area contributed by atoms with Crippen molar-refractivity contribution in [2.24, 2.45) is 0 Å². The number of hydrogen-bond donors (Lipinski definition) is 0. The Hall–Kier alpha value is -1.79. The Bertz CT molecular complexity index is 793. The standard InChI is InChI=1S/C17H12F2O2S2/c18-17(19)11-3-1-2-10(8-11)14-6-4-12(21-14)9-15-13(20)5-7-16(22)23-15/h1-4,6,8-9,17H,5,7H2/b15-9+. The lowest BCUT2D eigenvalue weighted by molar-refractivity contribution is -0.114. The van der Waals surface area contributed by atoms with E-state index in [2.05, 4.69) is 0 Å². The van der Waals surface area contributed by atoms with Crippen LogP contribution >= 0.6 is 24.0 Å². The predicted molar refractivity (Wildman–Crippen MR) is 91.5 cm³/mol. The van der Waals surface area contributed by atoms with Crippen LogP contribution in [0.1, 0.15) is 30.6 Å². The van der Waals surface area contributed by atoms with Crippen molar-refractivity contribution in [1.29, 1.82) is 0 Å². The van der Waals surface area contributed by atoms with Crippen molar-refractivity contribution in [1.82, 2.24) is 0 Å². The molecule has 2 aromatic rings. The molecule has 1 aromatic heterocycles. The number of halogens is 2. The van der Waals surface area contributed by atoms with Gasteiger partial charge in [-0.1, -0.05) is 42.2 Å². The van der Waals surface area contributed by atoms with Gasteiger partial charge in [0.1, 0.15) is 11.5 Å². The summed E-state index contributed by atoms with van der Waals surface area (Å²) in [7, 11) is 0. The van der Waals surface area contributed by atoms with Crippen LogP contribution in [0.2, 0.25) is 0 Å². The van der Waals surface area contributed by atoms with Crippen LogP contribution in [0.15, 0.2) is 45.7 Å². The van der Waals surface area contributed by atoms with Gasteiger partial charge >= 0.3 is 0 Å². The smallest absolute Gasteiger partial charge is 0.263 e. The van der Waals surface area contributed by atoms with E-state index in [0.717, 1.165) is 4.20 Å². The second-order valence-corrected chi connectivity index (χ2v) is 6.92. The molecule has 2 nitrogen and oxygen atoms in total. The van der Waals surface area contributed by atoms with Gasteiger partial charge in [-0.25, -0.2) is 8.78 Å². The van der Waals surface area contributed by atoms with E-state index in [1.807, 2.05) is 0 Å².